The predicted octanol–water partition coefficient (Wildman–Crippen LogP) is 2.75. The van der Waals surface area contributed by atoms with Crippen molar-refractivity contribution in [3.63, 3.8) is 0 Å². The molecular weight excluding hydrogens is 261 g/mol. The van der Waals surface area contributed by atoms with Gasteiger partial charge in [-0.1, -0.05) is 0 Å². The van der Waals surface area contributed by atoms with E-state index in [2.05, 4.69) is 46.1 Å². The predicted molar refractivity (Wildman–Crippen MR) is 58.6 cm³/mol. The summed E-state index contributed by atoms with van der Waals surface area (Å²) in [4.78, 5) is 0. The minimum Gasteiger partial charge on any atom is -0.384 e. The van der Waals surface area contributed by atoms with Crippen LogP contribution in [0.15, 0.2) is 18.2 Å². The molecule has 1 spiro atoms. The summed E-state index contributed by atoms with van der Waals surface area (Å²) in [7, 11) is 0. The van der Waals surface area contributed by atoms with Crippen LogP contribution in [0.5, 0.6) is 0 Å². The van der Waals surface area contributed by atoms with E-state index in [1.165, 1.54) is 28.6 Å². The first kappa shape index (κ1) is 7.18. The van der Waals surface area contributed by atoms with E-state index in [1.807, 2.05) is 0 Å². The van der Waals surface area contributed by atoms with E-state index < -0.39 is 0 Å². The van der Waals surface area contributed by atoms with Gasteiger partial charge in [0.05, 0.1) is 0 Å². The lowest BCUT2D eigenvalue weighted by atomic mass is 9.99. The minimum absolute atomic E-state index is 0.552. The van der Waals surface area contributed by atoms with Crippen LogP contribution < -0.4 is 5.32 Å². The molecule has 1 nitrogen and oxygen atoms in total. The smallest absolute Gasteiger partial charge is 0.0380 e. The summed E-state index contributed by atoms with van der Waals surface area (Å²) in [5.41, 5.74) is 3.48. The second-order valence-corrected chi connectivity index (χ2v) is 5.07. The topological polar surface area (TPSA) is 12.0 Å². The molecule has 1 saturated carbocycles. The maximum absolute atomic E-state index is 3.48. The fourth-order valence-electron chi connectivity index (χ4n) is 2.07. The first-order chi connectivity index (χ1) is 5.80. The lowest BCUT2D eigenvalue weighted by molar-refractivity contribution is 0.777. The molecule has 1 heterocycles. The Morgan fingerprint density at radius 2 is 2.17 bits per heavy atom. The van der Waals surface area contributed by atoms with E-state index in [-0.39, 0.29) is 0 Å². The number of benzene rings is 1. The fourth-order valence-corrected chi connectivity index (χ4v) is 2.56. The van der Waals surface area contributed by atoms with Crippen LogP contribution in [0.3, 0.4) is 0 Å². The number of hydrogen-bond acceptors (Lipinski definition) is 1. The summed E-state index contributed by atoms with van der Waals surface area (Å²) >= 11 is 2.39. The lowest BCUT2D eigenvalue weighted by Gasteiger charge is -2.05. The molecule has 0 atom stereocenters. The van der Waals surface area contributed by atoms with E-state index in [4.69, 9.17) is 0 Å². The van der Waals surface area contributed by atoms with Crippen LogP contribution in [0.2, 0.25) is 0 Å². The molecule has 0 aromatic heterocycles. The average Bonchev–Trinajstić information content (AvgIpc) is 2.74. The second kappa shape index (κ2) is 2.16. The van der Waals surface area contributed by atoms with Crippen LogP contribution in [0.1, 0.15) is 18.4 Å². The summed E-state index contributed by atoms with van der Waals surface area (Å²) in [5, 5.41) is 3.48. The molecule has 1 N–H and O–H groups in total. The molecule has 0 saturated heterocycles. The Balaban J connectivity index is 2.20. The van der Waals surface area contributed by atoms with Crippen LogP contribution in [0.25, 0.3) is 0 Å². The number of halogens is 1. The minimum atomic E-state index is 0.552. The summed E-state index contributed by atoms with van der Waals surface area (Å²) in [6.07, 6.45) is 2.76. The normalized spacial score (nSPS) is 22.1. The average molecular weight is 271 g/mol. The van der Waals surface area contributed by atoms with E-state index in [0.717, 1.165) is 0 Å². The van der Waals surface area contributed by atoms with Crippen molar-refractivity contribution in [2.45, 2.75) is 18.3 Å². The van der Waals surface area contributed by atoms with Crippen LogP contribution in [0, 0.1) is 3.57 Å². The van der Waals surface area contributed by atoms with Crippen LogP contribution in [-0.4, -0.2) is 6.54 Å². The van der Waals surface area contributed by atoms with Crippen molar-refractivity contribution >= 4 is 28.3 Å². The number of nitrogens with one attached hydrogen (secondary N) is 1. The molecule has 1 aromatic rings. The molecule has 0 unspecified atom stereocenters. The molecule has 2 heteroatoms. The van der Waals surface area contributed by atoms with Crippen molar-refractivity contribution in [1.29, 1.82) is 0 Å². The monoisotopic (exact) mass is 271 g/mol. The Bertz CT molecular complexity index is 342. The third-order valence-electron chi connectivity index (χ3n) is 3.02. The highest BCUT2D eigenvalue weighted by Crippen LogP contribution is 2.54. The fraction of sp³-hybridized carbons (Fsp3) is 0.400. The Kier molecular flexibility index (Phi) is 1.29. The van der Waals surface area contributed by atoms with Crippen molar-refractivity contribution in [2.24, 2.45) is 0 Å². The second-order valence-electron chi connectivity index (χ2n) is 3.82. The van der Waals surface area contributed by atoms with Gasteiger partial charge in [0.2, 0.25) is 0 Å². The van der Waals surface area contributed by atoms with Crippen LogP contribution >= 0.6 is 22.6 Å². The maximum Gasteiger partial charge on any atom is 0.0380 e. The molecule has 2 aliphatic rings. The summed E-state index contributed by atoms with van der Waals surface area (Å²) in [6, 6.07) is 6.72. The Morgan fingerprint density at radius 3 is 2.92 bits per heavy atom. The van der Waals surface area contributed by atoms with Gasteiger partial charge < -0.3 is 5.32 Å². The van der Waals surface area contributed by atoms with Gasteiger partial charge in [-0.3, -0.25) is 0 Å². The third-order valence-corrected chi connectivity index (χ3v) is 3.69. The highest BCUT2D eigenvalue weighted by atomic mass is 127. The molecule has 62 valence electrons. The molecule has 0 radical (unpaired) electrons. The first-order valence-electron chi connectivity index (χ1n) is 4.34. The molecule has 0 bridgehead atoms. The molecule has 3 rings (SSSR count). The number of fused-ring (bicyclic) bond motifs is 2. The van der Waals surface area contributed by atoms with Crippen molar-refractivity contribution < 1.29 is 0 Å². The third kappa shape index (κ3) is 0.843. The molecule has 1 fully saturated rings. The lowest BCUT2D eigenvalue weighted by Crippen LogP contribution is -2.08. The molecule has 1 aliphatic heterocycles. The largest absolute Gasteiger partial charge is 0.384 e. The SMILES string of the molecule is Ic1ccc2c(c1)C1(CC1)CN2. The highest BCUT2D eigenvalue weighted by molar-refractivity contribution is 14.1. The number of anilines is 1. The van der Waals surface area contributed by atoms with Crippen LogP contribution in [0.4, 0.5) is 5.69 Å². The van der Waals surface area contributed by atoms with Crippen LogP contribution in [-0.2, 0) is 5.41 Å². The van der Waals surface area contributed by atoms with Gasteiger partial charge in [-0.25, -0.2) is 0 Å². The van der Waals surface area contributed by atoms with E-state index in [9.17, 15) is 0 Å². The quantitative estimate of drug-likeness (QED) is 0.715. The van der Waals surface area contributed by atoms with Gasteiger partial charge in [0, 0.05) is 21.2 Å². The van der Waals surface area contributed by atoms with Gasteiger partial charge in [-0.05, 0) is 59.2 Å². The highest BCUT2D eigenvalue weighted by Gasteiger charge is 2.48. The van der Waals surface area contributed by atoms with Gasteiger partial charge in [-0.2, -0.15) is 0 Å². The number of hydrogen-bond donors (Lipinski definition) is 1. The standard InChI is InChI=1S/C10H10IN/c11-7-1-2-9-8(5-7)10(3-4-10)6-12-9/h1-2,5,12H,3-4,6H2. The van der Waals surface area contributed by atoms with Crippen molar-refractivity contribution in [2.75, 3.05) is 11.9 Å². The zero-order valence-corrected chi connectivity index (χ0v) is 8.89. The molecular formula is C10H10IN. The Hall–Kier alpha value is -0.250. The zero-order chi connectivity index (χ0) is 8.18. The summed E-state index contributed by atoms with van der Waals surface area (Å²) in [6.45, 7) is 1.17. The Morgan fingerprint density at radius 1 is 1.33 bits per heavy atom. The van der Waals surface area contributed by atoms with Crippen molar-refractivity contribution in [3.8, 4) is 0 Å². The molecule has 1 aromatic carbocycles. The van der Waals surface area contributed by atoms with E-state index in [0.29, 0.717) is 5.41 Å². The maximum atomic E-state index is 3.48. The van der Waals surface area contributed by atoms with Gasteiger partial charge in [0.25, 0.3) is 0 Å². The van der Waals surface area contributed by atoms with Gasteiger partial charge >= 0.3 is 0 Å². The van der Waals surface area contributed by atoms with E-state index >= 15 is 0 Å². The zero-order valence-electron chi connectivity index (χ0n) is 6.73. The number of rotatable bonds is 0. The van der Waals surface area contributed by atoms with Gasteiger partial charge in [0.15, 0.2) is 0 Å². The van der Waals surface area contributed by atoms with Gasteiger partial charge in [0.1, 0.15) is 0 Å². The summed E-state index contributed by atoms with van der Waals surface area (Å²) in [5.74, 6) is 0. The van der Waals surface area contributed by atoms with Crippen molar-refractivity contribution in [3.05, 3.63) is 27.3 Å². The van der Waals surface area contributed by atoms with Gasteiger partial charge in [-0.15, -0.1) is 0 Å². The van der Waals surface area contributed by atoms with Crippen molar-refractivity contribution in [1.82, 2.24) is 0 Å². The molecule has 1 aliphatic carbocycles. The Labute approximate surface area is 85.7 Å². The molecule has 0 amide bonds. The first-order valence-corrected chi connectivity index (χ1v) is 5.42. The summed E-state index contributed by atoms with van der Waals surface area (Å²) < 4.78 is 1.36. The molecule has 12 heavy (non-hydrogen) atoms. The van der Waals surface area contributed by atoms with E-state index in [1.54, 1.807) is 5.56 Å².